The first kappa shape index (κ1) is 17.3. The van der Waals surface area contributed by atoms with Crippen LogP contribution >= 0.6 is 0 Å². The van der Waals surface area contributed by atoms with Gasteiger partial charge in [-0.25, -0.2) is 0 Å². The zero-order chi connectivity index (χ0) is 17.8. The number of carbonyl (C=O) groups is 2. The van der Waals surface area contributed by atoms with Gasteiger partial charge in [0.15, 0.2) is 0 Å². The van der Waals surface area contributed by atoms with Crippen LogP contribution in [0.3, 0.4) is 0 Å². The van der Waals surface area contributed by atoms with Gasteiger partial charge in [-0.05, 0) is 25.0 Å². The highest BCUT2D eigenvalue weighted by molar-refractivity contribution is 5.85. The van der Waals surface area contributed by atoms with Crippen LogP contribution in [0.5, 0.6) is 5.75 Å². The molecule has 2 atom stereocenters. The molecule has 1 aromatic rings. The molecule has 0 bridgehead atoms. The molecule has 0 saturated carbocycles. The van der Waals surface area contributed by atoms with Gasteiger partial charge in [-0.1, -0.05) is 18.2 Å². The Bertz CT molecular complexity index is 665. The van der Waals surface area contributed by atoms with E-state index in [4.69, 9.17) is 4.74 Å². The molecule has 3 rings (SSSR count). The summed E-state index contributed by atoms with van der Waals surface area (Å²) in [6.07, 6.45) is 4.75. The van der Waals surface area contributed by atoms with Crippen LogP contribution in [0, 0.1) is 11.8 Å². The summed E-state index contributed by atoms with van der Waals surface area (Å²) in [4.78, 5) is 28.3. The van der Waals surface area contributed by atoms with E-state index < -0.39 is 17.8 Å². The molecule has 1 amide bonds. The van der Waals surface area contributed by atoms with Gasteiger partial charge in [0.1, 0.15) is 5.75 Å². The van der Waals surface area contributed by atoms with Gasteiger partial charge in [0.05, 0.1) is 18.9 Å². The summed E-state index contributed by atoms with van der Waals surface area (Å²) in [6.45, 7) is 2.70. The molecule has 1 aliphatic carbocycles. The third kappa shape index (κ3) is 3.78. The number of methoxy groups -OCH3 is 1. The van der Waals surface area contributed by atoms with E-state index >= 15 is 0 Å². The summed E-state index contributed by atoms with van der Waals surface area (Å²) in [7, 11) is 1.65. The molecule has 2 aliphatic rings. The number of nitrogens with zero attached hydrogens (tertiary/aromatic N) is 2. The summed E-state index contributed by atoms with van der Waals surface area (Å²) in [6, 6.07) is 7.89. The summed E-state index contributed by atoms with van der Waals surface area (Å²) in [5, 5.41) is 9.37. The number of benzene rings is 1. The van der Waals surface area contributed by atoms with Crippen LogP contribution in [0.1, 0.15) is 12.8 Å². The van der Waals surface area contributed by atoms with Gasteiger partial charge in [0.25, 0.3) is 0 Å². The van der Waals surface area contributed by atoms with E-state index in [2.05, 4.69) is 4.90 Å². The molecule has 1 aromatic carbocycles. The first-order valence-corrected chi connectivity index (χ1v) is 8.65. The van der Waals surface area contributed by atoms with Crippen molar-refractivity contribution in [2.75, 3.05) is 38.2 Å². The summed E-state index contributed by atoms with van der Waals surface area (Å²) in [5.41, 5.74) is 1.08. The molecule has 1 fully saturated rings. The van der Waals surface area contributed by atoms with Gasteiger partial charge in [-0.15, -0.1) is 0 Å². The fraction of sp³-hybridized carbons (Fsp3) is 0.474. The lowest BCUT2D eigenvalue weighted by molar-refractivity contribution is -0.150. The van der Waals surface area contributed by atoms with Crippen LogP contribution in [0.25, 0.3) is 0 Å². The number of carboxylic acids is 1. The maximum Gasteiger partial charge on any atom is 0.307 e. The topological polar surface area (TPSA) is 70.1 Å². The molecule has 1 saturated heterocycles. The van der Waals surface area contributed by atoms with Gasteiger partial charge >= 0.3 is 5.97 Å². The average molecular weight is 344 g/mol. The minimum Gasteiger partial charge on any atom is -0.497 e. The molecule has 1 heterocycles. The maximum atomic E-state index is 12.8. The van der Waals surface area contributed by atoms with E-state index in [1.807, 2.05) is 41.3 Å². The second-order valence-corrected chi connectivity index (χ2v) is 6.51. The Kier molecular flexibility index (Phi) is 5.26. The molecule has 0 spiro atoms. The largest absolute Gasteiger partial charge is 0.497 e. The molecule has 0 unspecified atom stereocenters. The maximum absolute atomic E-state index is 12.8. The zero-order valence-corrected chi connectivity index (χ0v) is 14.4. The van der Waals surface area contributed by atoms with Crippen molar-refractivity contribution in [1.29, 1.82) is 0 Å². The number of rotatable bonds is 4. The van der Waals surface area contributed by atoms with Crippen LogP contribution in [0.15, 0.2) is 36.4 Å². The van der Waals surface area contributed by atoms with Gasteiger partial charge in [0.2, 0.25) is 5.91 Å². The molecule has 1 aliphatic heterocycles. The van der Waals surface area contributed by atoms with E-state index in [1.54, 1.807) is 7.11 Å². The van der Waals surface area contributed by atoms with Crippen LogP contribution in [0.2, 0.25) is 0 Å². The van der Waals surface area contributed by atoms with Crippen LogP contribution in [-0.2, 0) is 9.59 Å². The highest BCUT2D eigenvalue weighted by Gasteiger charge is 2.37. The van der Waals surface area contributed by atoms with E-state index in [0.29, 0.717) is 25.9 Å². The fourth-order valence-electron chi connectivity index (χ4n) is 3.59. The molecule has 25 heavy (non-hydrogen) atoms. The van der Waals surface area contributed by atoms with E-state index in [1.165, 1.54) is 0 Å². The number of anilines is 1. The van der Waals surface area contributed by atoms with Gasteiger partial charge in [-0.2, -0.15) is 0 Å². The molecule has 0 radical (unpaired) electrons. The number of ether oxygens (including phenoxy) is 1. The predicted octanol–water partition coefficient (Wildman–Crippen LogP) is 2.01. The normalized spacial score (nSPS) is 23.4. The second kappa shape index (κ2) is 7.59. The molecule has 6 heteroatoms. The molecule has 134 valence electrons. The molecule has 1 N–H and O–H groups in total. The predicted molar refractivity (Wildman–Crippen MR) is 94.8 cm³/mol. The first-order valence-electron chi connectivity index (χ1n) is 8.65. The number of allylic oxidation sites excluding steroid dienone is 2. The number of carboxylic acid groups (broad SMARTS) is 1. The average Bonchev–Trinajstić information content (AvgIpc) is 2.67. The Morgan fingerprint density at radius 3 is 2.40 bits per heavy atom. The third-order valence-electron chi connectivity index (χ3n) is 5.08. The van der Waals surface area contributed by atoms with Crippen molar-refractivity contribution in [3.8, 4) is 5.75 Å². The molecule has 0 aromatic heterocycles. The molecular weight excluding hydrogens is 320 g/mol. The van der Waals surface area contributed by atoms with Crippen molar-refractivity contribution in [2.45, 2.75) is 12.8 Å². The minimum atomic E-state index is -0.877. The Hall–Kier alpha value is -2.50. The van der Waals surface area contributed by atoms with Crippen molar-refractivity contribution >= 4 is 17.6 Å². The zero-order valence-electron chi connectivity index (χ0n) is 14.4. The van der Waals surface area contributed by atoms with E-state index in [0.717, 1.165) is 24.5 Å². The number of amides is 1. The lowest BCUT2D eigenvalue weighted by Crippen LogP contribution is -2.52. The summed E-state index contributed by atoms with van der Waals surface area (Å²) in [5.74, 6) is -1.13. The minimum absolute atomic E-state index is 0.0259. The monoisotopic (exact) mass is 344 g/mol. The number of carbonyl (C=O) groups excluding carboxylic acids is 1. The fourth-order valence-corrected chi connectivity index (χ4v) is 3.59. The van der Waals surface area contributed by atoms with Crippen LogP contribution in [-0.4, -0.2) is 55.2 Å². The quantitative estimate of drug-likeness (QED) is 0.846. The lowest BCUT2D eigenvalue weighted by Gasteiger charge is -2.38. The Balaban J connectivity index is 1.62. The number of hydrogen-bond donors (Lipinski definition) is 1. The highest BCUT2D eigenvalue weighted by atomic mass is 16.5. The van der Waals surface area contributed by atoms with Crippen LogP contribution in [0.4, 0.5) is 5.69 Å². The first-order chi connectivity index (χ1) is 12.1. The van der Waals surface area contributed by atoms with Gasteiger partial charge < -0.3 is 19.6 Å². The number of aliphatic carboxylic acids is 1. The Morgan fingerprint density at radius 1 is 1.08 bits per heavy atom. The van der Waals surface area contributed by atoms with Crippen molar-refractivity contribution in [1.82, 2.24) is 4.90 Å². The van der Waals surface area contributed by atoms with Crippen molar-refractivity contribution < 1.29 is 19.4 Å². The molecule has 6 nitrogen and oxygen atoms in total. The van der Waals surface area contributed by atoms with Gasteiger partial charge in [0, 0.05) is 37.9 Å². The van der Waals surface area contributed by atoms with Crippen molar-refractivity contribution in [2.24, 2.45) is 11.8 Å². The summed E-state index contributed by atoms with van der Waals surface area (Å²) < 4.78 is 5.27. The van der Waals surface area contributed by atoms with Gasteiger partial charge in [-0.3, -0.25) is 9.59 Å². The van der Waals surface area contributed by atoms with Crippen molar-refractivity contribution in [3.05, 3.63) is 36.4 Å². The number of hydrogen-bond acceptors (Lipinski definition) is 4. The standard InChI is InChI=1S/C19H24N2O4/c1-25-15-6-4-5-14(13-15)20-9-11-21(12-10-20)18(22)16-7-2-3-8-17(16)19(23)24/h2-6,13,16-17H,7-12H2,1H3,(H,23,24)/t16-,17+/m1/s1. The van der Waals surface area contributed by atoms with Crippen LogP contribution < -0.4 is 9.64 Å². The smallest absolute Gasteiger partial charge is 0.307 e. The lowest BCUT2D eigenvalue weighted by atomic mass is 9.82. The summed E-state index contributed by atoms with van der Waals surface area (Å²) >= 11 is 0. The highest BCUT2D eigenvalue weighted by Crippen LogP contribution is 2.29. The van der Waals surface area contributed by atoms with E-state index in [-0.39, 0.29) is 5.91 Å². The van der Waals surface area contributed by atoms with Crippen molar-refractivity contribution in [3.63, 3.8) is 0 Å². The number of piperazine rings is 1. The van der Waals surface area contributed by atoms with E-state index in [9.17, 15) is 14.7 Å². The molecular formula is C19H24N2O4. The second-order valence-electron chi connectivity index (χ2n) is 6.51. The third-order valence-corrected chi connectivity index (χ3v) is 5.08. The Morgan fingerprint density at radius 2 is 1.76 bits per heavy atom. The SMILES string of the molecule is COc1cccc(N2CCN(C(=O)[C@@H]3CC=CC[C@@H]3C(=O)O)CC2)c1. The Labute approximate surface area is 147 Å².